The number of rotatable bonds is 2. The lowest BCUT2D eigenvalue weighted by Gasteiger charge is -2.27. The fraction of sp³-hybridized carbons (Fsp3) is 0.273. The first kappa shape index (κ1) is 11.7. The van der Waals surface area contributed by atoms with E-state index in [9.17, 15) is 9.59 Å². The Kier molecular flexibility index (Phi) is 3.19. The Labute approximate surface area is 103 Å². The van der Waals surface area contributed by atoms with Crippen LogP contribution in [0, 0.1) is 0 Å². The molecule has 0 aromatic heterocycles. The lowest BCUT2D eigenvalue weighted by molar-refractivity contribution is -0.138. The topological polar surface area (TPSA) is 58.6 Å². The summed E-state index contributed by atoms with van der Waals surface area (Å²) in [6.07, 6.45) is 0. The Balaban J connectivity index is 2.41. The van der Waals surface area contributed by atoms with E-state index >= 15 is 0 Å². The molecule has 1 saturated heterocycles. The molecule has 2 rings (SSSR count). The highest BCUT2D eigenvalue weighted by Gasteiger charge is 2.29. The minimum atomic E-state index is -0.613. The summed E-state index contributed by atoms with van der Waals surface area (Å²) in [4.78, 5) is 24.4. The molecule has 0 unspecified atom stereocenters. The number of benzene rings is 1. The van der Waals surface area contributed by atoms with Gasteiger partial charge >= 0.3 is 11.8 Å². The van der Waals surface area contributed by atoms with E-state index in [2.05, 4.69) is 5.32 Å². The molecule has 0 saturated carbocycles. The molecule has 1 fully saturated rings. The molecular weight excluding hydrogens is 244 g/mol. The van der Waals surface area contributed by atoms with Crippen LogP contribution in [-0.2, 0) is 9.59 Å². The van der Waals surface area contributed by atoms with E-state index in [1.807, 2.05) is 0 Å². The molecule has 2 amide bonds. The van der Waals surface area contributed by atoms with Crippen LogP contribution >= 0.6 is 11.6 Å². The number of nitrogens with one attached hydrogen (secondary N) is 1. The molecule has 0 aliphatic carbocycles. The minimum absolute atomic E-state index is 0.404. The van der Waals surface area contributed by atoms with Gasteiger partial charge in [0.05, 0.1) is 12.8 Å². The van der Waals surface area contributed by atoms with Crippen LogP contribution in [0.25, 0.3) is 0 Å². The summed E-state index contributed by atoms with van der Waals surface area (Å²) in [5.41, 5.74) is 0.514. The number of halogens is 1. The molecule has 1 N–H and O–H groups in total. The number of anilines is 1. The van der Waals surface area contributed by atoms with Gasteiger partial charge in [0.25, 0.3) is 0 Å². The van der Waals surface area contributed by atoms with Crippen LogP contribution in [0.2, 0.25) is 5.02 Å². The van der Waals surface area contributed by atoms with E-state index in [1.165, 1.54) is 12.0 Å². The zero-order valence-electron chi connectivity index (χ0n) is 9.20. The van der Waals surface area contributed by atoms with Crippen molar-refractivity contribution in [3.8, 4) is 5.75 Å². The Morgan fingerprint density at radius 2 is 2.18 bits per heavy atom. The first-order chi connectivity index (χ1) is 8.13. The highest BCUT2D eigenvalue weighted by molar-refractivity contribution is 6.41. The fourth-order valence-electron chi connectivity index (χ4n) is 1.68. The van der Waals surface area contributed by atoms with Gasteiger partial charge in [0.15, 0.2) is 0 Å². The lowest BCUT2D eigenvalue weighted by atomic mass is 10.2. The third kappa shape index (κ3) is 2.19. The Morgan fingerprint density at radius 3 is 2.88 bits per heavy atom. The van der Waals surface area contributed by atoms with E-state index in [4.69, 9.17) is 16.3 Å². The van der Waals surface area contributed by atoms with Crippen LogP contribution in [-0.4, -0.2) is 32.0 Å². The number of nitrogens with zero attached hydrogens (tertiary/aromatic N) is 1. The average molecular weight is 255 g/mol. The Bertz CT molecular complexity index is 476. The van der Waals surface area contributed by atoms with E-state index < -0.39 is 11.8 Å². The van der Waals surface area contributed by atoms with Crippen molar-refractivity contribution in [3.63, 3.8) is 0 Å². The second-order valence-electron chi connectivity index (χ2n) is 3.53. The van der Waals surface area contributed by atoms with Crippen molar-refractivity contribution in [2.24, 2.45) is 0 Å². The maximum absolute atomic E-state index is 11.7. The minimum Gasteiger partial charge on any atom is -0.495 e. The molecule has 1 aliphatic rings. The van der Waals surface area contributed by atoms with Gasteiger partial charge in [-0.3, -0.25) is 14.5 Å². The number of methoxy groups -OCH3 is 1. The first-order valence-electron chi connectivity index (χ1n) is 5.06. The van der Waals surface area contributed by atoms with Crippen molar-refractivity contribution in [1.82, 2.24) is 5.32 Å². The summed E-state index contributed by atoms with van der Waals surface area (Å²) in [6.45, 7) is 0.821. The van der Waals surface area contributed by atoms with Gasteiger partial charge in [-0.05, 0) is 18.2 Å². The number of amides is 2. The maximum atomic E-state index is 11.7. The van der Waals surface area contributed by atoms with Crippen LogP contribution < -0.4 is 15.0 Å². The SMILES string of the molecule is COc1ccc(Cl)cc1N1CCNC(=O)C1=O. The number of carbonyl (C=O) groups is 2. The highest BCUT2D eigenvalue weighted by atomic mass is 35.5. The molecule has 0 spiro atoms. The summed E-state index contributed by atoms with van der Waals surface area (Å²) < 4.78 is 5.15. The number of piperazine rings is 1. The van der Waals surface area contributed by atoms with Gasteiger partial charge in [0.2, 0.25) is 0 Å². The van der Waals surface area contributed by atoms with Crippen LogP contribution in [0.5, 0.6) is 5.75 Å². The summed E-state index contributed by atoms with van der Waals surface area (Å²) in [5.74, 6) is -0.701. The molecule has 1 aromatic carbocycles. The normalized spacial score (nSPS) is 15.8. The van der Waals surface area contributed by atoms with Crippen molar-refractivity contribution in [3.05, 3.63) is 23.2 Å². The standard InChI is InChI=1S/C11H11ClN2O3/c1-17-9-3-2-7(12)6-8(9)14-5-4-13-10(15)11(14)16/h2-3,6H,4-5H2,1H3,(H,13,15). The van der Waals surface area contributed by atoms with Crippen LogP contribution in [0.15, 0.2) is 18.2 Å². The van der Waals surface area contributed by atoms with Gasteiger partial charge in [-0.1, -0.05) is 11.6 Å². The van der Waals surface area contributed by atoms with E-state index in [0.29, 0.717) is 29.5 Å². The smallest absolute Gasteiger partial charge is 0.316 e. The number of hydrogen-bond donors (Lipinski definition) is 1. The molecular formula is C11H11ClN2O3. The zero-order valence-corrected chi connectivity index (χ0v) is 9.95. The average Bonchev–Trinajstić information content (AvgIpc) is 2.33. The fourth-order valence-corrected chi connectivity index (χ4v) is 1.85. The van der Waals surface area contributed by atoms with Crippen LogP contribution in [0.4, 0.5) is 5.69 Å². The third-order valence-electron chi connectivity index (χ3n) is 2.49. The molecule has 0 atom stereocenters. The van der Waals surface area contributed by atoms with E-state index in [-0.39, 0.29) is 0 Å². The quantitative estimate of drug-likeness (QED) is 0.795. The molecule has 0 bridgehead atoms. The molecule has 6 heteroatoms. The van der Waals surface area contributed by atoms with Gasteiger partial charge in [-0.15, -0.1) is 0 Å². The third-order valence-corrected chi connectivity index (χ3v) is 2.73. The molecule has 1 aromatic rings. The summed E-state index contributed by atoms with van der Waals surface area (Å²) in [6, 6.07) is 4.94. The van der Waals surface area contributed by atoms with Crippen molar-refractivity contribution in [2.45, 2.75) is 0 Å². The van der Waals surface area contributed by atoms with Crippen molar-refractivity contribution < 1.29 is 14.3 Å². The number of carbonyl (C=O) groups excluding carboxylic acids is 2. The van der Waals surface area contributed by atoms with Gasteiger partial charge in [0, 0.05) is 18.1 Å². The molecule has 1 aliphatic heterocycles. The highest BCUT2D eigenvalue weighted by Crippen LogP contribution is 2.31. The summed E-state index contributed by atoms with van der Waals surface area (Å²) in [5, 5.41) is 2.97. The van der Waals surface area contributed by atoms with Crippen molar-refractivity contribution in [1.29, 1.82) is 0 Å². The zero-order chi connectivity index (χ0) is 12.4. The predicted octanol–water partition coefficient (Wildman–Crippen LogP) is 0.811. The second-order valence-corrected chi connectivity index (χ2v) is 3.97. The van der Waals surface area contributed by atoms with Crippen molar-refractivity contribution >= 4 is 29.1 Å². The van der Waals surface area contributed by atoms with Gasteiger partial charge < -0.3 is 10.1 Å². The first-order valence-corrected chi connectivity index (χ1v) is 5.44. The Hall–Kier alpha value is -1.75. The number of ether oxygens (including phenoxy) is 1. The van der Waals surface area contributed by atoms with Crippen LogP contribution in [0.1, 0.15) is 0 Å². The monoisotopic (exact) mass is 254 g/mol. The maximum Gasteiger partial charge on any atom is 0.316 e. The largest absolute Gasteiger partial charge is 0.495 e. The van der Waals surface area contributed by atoms with Gasteiger partial charge in [0.1, 0.15) is 5.75 Å². The van der Waals surface area contributed by atoms with E-state index in [1.54, 1.807) is 18.2 Å². The molecule has 1 heterocycles. The van der Waals surface area contributed by atoms with Crippen molar-refractivity contribution in [2.75, 3.05) is 25.1 Å². The summed E-state index contributed by atoms with van der Waals surface area (Å²) >= 11 is 5.88. The predicted molar refractivity (Wildman–Crippen MR) is 63.4 cm³/mol. The second kappa shape index (κ2) is 4.63. The molecule has 17 heavy (non-hydrogen) atoms. The van der Waals surface area contributed by atoms with Crippen LogP contribution in [0.3, 0.4) is 0 Å². The molecule has 5 nitrogen and oxygen atoms in total. The lowest BCUT2D eigenvalue weighted by Crippen LogP contribution is -2.52. The Morgan fingerprint density at radius 1 is 1.41 bits per heavy atom. The molecule has 0 radical (unpaired) electrons. The molecule has 90 valence electrons. The summed E-state index contributed by atoms with van der Waals surface area (Å²) in [7, 11) is 1.50. The van der Waals surface area contributed by atoms with Gasteiger partial charge in [-0.25, -0.2) is 0 Å². The van der Waals surface area contributed by atoms with Gasteiger partial charge in [-0.2, -0.15) is 0 Å². The number of hydrogen-bond acceptors (Lipinski definition) is 3. The van der Waals surface area contributed by atoms with E-state index in [0.717, 1.165) is 0 Å².